The Morgan fingerprint density at radius 1 is 1.21 bits per heavy atom. The predicted octanol–water partition coefficient (Wildman–Crippen LogP) is 2.31. The number of para-hydroxylation sites is 1. The van der Waals surface area contributed by atoms with Crippen molar-refractivity contribution in [3.8, 4) is 0 Å². The Kier molecular flexibility index (Phi) is 4.52. The molecule has 0 atom stereocenters. The summed E-state index contributed by atoms with van der Waals surface area (Å²) in [5, 5.41) is -0.617. The average Bonchev–Trinajstić information content (AvgIpc) is 2.48. The maximum Gasteiger partial charge on any atom is 0.417 e. The first-order chi connectivity index (χ1) is 11.0. The number of carbonyl (C=O) groups excluding carboxylic acids is 1. The summed E-state index contributed by atoms with van der Waals surface area (Å²) in [5.41, 5.74) is 4.43. The fourth-order valence-electron chi connectivity index (χ4n) is 1.90. The predicted molar refractivity (Wildman–Crippen MR) is 79.7 cm³/mol. The molecule has 0 unspecified atom stereocenters. The molecule has 0 fully saturated rings. The number of nitrogens with one attached hydrogen (secondary N) is 1. The molecule has 1 aromatic heterocycles. The molecule has 0 spiro atoms. The average molecular weight is 359 g/mol. The van der Waals surface area contributed by atoms with Crippen LogP contribution in [0.15, 0.2) is 41.6 Å². The van der Waals surface area contributed by atoms with Crippen LogP contribution >= 0.6 is 0 Å². The van der Waals surface area contributed by atoms with E-state index in [1.165, 1.54) is 12.1 Å². The van der Waals surface area contributed by atoms with Gasteiger partial charge in [-0.25, -0.2) is 4.98 Å². The number of benzene rings is 1. The van der Waals surface area contributed by atoms with Crippen molar-refractivity contribution in [1.82, 2.24) is 4.98 Å². The number of halogens is 3. The van der Waals surface area contributed by atoms with E-state index in [0.29, 0.717) is 17.8 Å². The Labute approximate surface area is 135 Å². The first-order valence-electron chi connectivity index (χ1n) is 6.48. The minimum atomic E-state index is -4.63. The van der Waals surface area contributed by atoms with Gasteiger partial charge in [0.05, 0.1) is 16.8 Å². The van der Waals surface area contributed by atoms with E-state index in [-0.39, 0.29) is 11.3 Å². The van der Waals surface area contributed by atoms with E-state index < -0.39 is 32.7 Å². The number of amides is 1. The lowest BCUT2D eigenvalue weighted by molar-refractivity contribution is -0.137. The monoisotopic (exact) mass is 359 g/mol. The number of rotatable bonds is 4. The zero-order valence-corrected chi connectivity index (χ0v) is 13.1. The van der Waals surface area contributed by atoms with Crippen molar-refractivity contribution in [2.75, 3.05) is 4.72 Å². The van der Waals surface area contributed by atoms with Crippen LogP contribution in [-0.4, -0.2) is 19.3 Å². The molecule has 3 N–H and O–H groups in total. The molecular weight excluding hydrogens is 347 g/mol. The highest BCUT2D eigenvalue weighted by atomic mass is 32.2. The molecule has 0 aliphatic heterocycles. The molecule has 2 rings (SSSR count). The second kappa shape index (κ2) is 6.11. The van der Waals surface area contributed by atoms with Crippen molar-refractivity contribution < 1.29 is 26.4 Å². The molecule has 1 aromatic carbocycles. The molecule has 0 saturated heterocycles. The molecule has 24 heavy (non-hydrogen) atoms. The highest BCUT2D eigenvalue weighted by Gasteiger charge is 2.31. The van der Waals surface area contributed by atoms with Gasteiger partial charge in [0.2, 0.25) is 0 Å². The van der Waals surface area contributed by atoms with Gasteiger partial charge >= 0.3 is 6.18 Å². The summed E-state index contributed by atoms with van der Waals surface area (Å²) in [6.07, 6.45) is -4.21. The van der Waals surface area contributed by atoms with E-state index in [9.17, 15) is 26.4 Å². The molecule has 0 bridgehead atoms. The summed E-state index contributed by atoms with van der Waals surface area (Å²) in [6.45, 7) is 1.55. The number of hydrogen-bond donors (Lipinski definition) is 2. The number of alkyl halides is 3. The number of nitrogens with zero attached hydrogens (tertiary/aromatic N) is 1. The smallest absolute Gasteiger partial charge is 0.366 e. The summed E-state index contributed by atoms with van der Waals surface area (Å²) in [5.74, 6) is -0.850. The van der Waals surface area contributed by atoms with Gasteiger partial charge in [0.25, 0.3) is 15.9 Å². The molecule has 1 heterocycles. The van der Waals surface area contributed by atoms with Gasteiger partial charge in [-0.2, -0.15) is 21.6 Å². The van der Waals surface area contributed by atoms with Gasteiger partial charge in [0, 0.05) is 6.20 Å². The van der Waals surface area contributed by atoms with Crippen molar-refractivity contribution in [2.24, 2.45) is 5.73 Å². The summed E-state index contributed by atoms with van der Waals surface area (Å²) in [7, 11) is -4.29. The van der Waals surface area contributed by atoms with E-state index in [1.54, 1.807) is 13.0 Å². The van der Waals surface area contributed by atoms with E-state index in [4.69, 9.17) is 5.73 Å². The fraction of sp³-hybridized carbons (Fsp3) is 0.143. The van der Waals surface area contributed by atoms with Gasteiger partial charge in [0.15, 0.2) is 5.03 Å². The highest BCUT2D eigenvalue weighted by Crippen LogP contribution is 2.29. The topological polar surface area (TPSA) is 102 Å². The normalized spacial score (nSPS) is 12.0. The summed E-state index contributed by atoms with van der Waals surface area (Å²) in [4.78, 5) is 14.7. The lowest BCUT2D eigenvalue weighted by atomic mass is 10.1. The number of aryl methyl sites for hydroxylation is 1. The Morgan fingerprint density at radius 2 is 1.88 bits per heavy atom. The number of anilines is 1. The lowest BCUT2D eigenvalue weighted by Gasteiger charge is -2.13. The van der Waals surface area contributed by atoms with Gasteiger partial charge in [-0.15, -0.1) is 0 Å². The second-order valence-electron chi connectivity index (χ2n) is 4.85. The molecule has 128 valence electrons. The number of hydrogen-bond acceptors (Lipinski definition) is 4. The molecule has 0 saturated carbocycles. The molecule has 1 amide bonds. The van der Waals surface area contributed by atoms with Crippen LogP contribution in [0.3, 0.4) is 0 Å². The largest absolute Gasteiger partial charge is 0.417 e. The molecule has 10 heteroatoms. The van der Waals surface area contributed by atoms with Crippen molar-refractivity contribution in [1.29, 1.82) is 0 Å². The van der Waals surface area contributed by atoms with Gasteiger partial charge in [-0.3, -0.25) is 9.52 Å². The number of sulfonamides is 1. The number of nitrogens with two attached hydrogens (primary N) is 1. The second-order valence-corrected chi connectivity index (χ2v) is 6.48. The highest BCUT2D eigenvalue weighted by molar-refractivity contribution is 7.92. The van der Waals surface area contributed by atoms with Crippen molar-refractivity contribution in [3.63, 3.8) is 0 Å². The Balaban J connectivity index is 2.41. The first kappa shape index (κ1) is 17.7. The van der Waals surface area contributed by atoms with Crippen molar-refractivity contribution >= 4 is 21.6 Å². The molecule has 0 radical (unpaired) electrons. The van der Waals surface area contributed by atoms with Crippen LogP contribution in [0.1, 0.15) is 21.5 Å². The number of pyridine rings is 1. The van der Waals surface area contributed by atoms with Gasteiger partial charge in [0.1, 0.15) is 0 Å². The quantitative estimate of drug-likeness (QED) is 0.874. The zero-order chi connectivity index (χ0) is 18.1. The van der Waals surface area contributed by atoms with Crippen molar-refractivity contribution in [2.45, 2.75) is 18.1 Å². The van der Waals surface area contributed by atoms with E-state index in [1.807, 2.05) is 0 Å². The van der Waals surface area contributed by atoms with Gasteiger partial charge in [-0.1, -0.05) is 12.1 Å². The molecule has 0 aliphatic rings. The molecular formula is C14H12F3N3O3S. The van der Waals surface area contributed by atoms with Crippen LogP contribution in [0.5, 0.6) is 0 Å². The first-order valence-corrected chi connectivity index (χ1v) is 7.96. The van der Waals surface area contributed by atoms with Crippen LogP contribution in [0.25, 0.3) is 0 Å². The van der Waals surface area contributed by atoms with Crippen LogP contribution in [0.2, 0.25) is 0 Å². The minimum absolute atomic E-state index is 0.0494. The summed E-state index contributed by atoms with van der Waals surface area (Å²) >= 11 is 0. The van der Waals surface area contributed by atoms with Crippen molar-refractivity contribution in [3.05, 3.63) is 53.2 Å². The molecule has 2 aromatic rings. The number of aromatic nitrogens is 1. The number of carbonyl (C=O) groups is 1. The van der Waals surface area contributed by atoms with Crippen LogP contribution < -0.4 is 10.5 Å². The van der Waals surface area contributed by atoms with E-state index in [0.717, 1.165) is 6.07 Å². The lowest BCUT2D eigenvalue weighted by Crippen LogP contribution is -2.20. The summed E-state index contributed by atoms with van der Waals surface area (Å²) in [6, 6.07) is 5.73. The minimum Gasteiger partial charge on any atom is -0.366 e. The molecule has 0 aliphatic carbocycles. The van der Waals surface area contributed by atoms with Crippen LogP contribution in [-0.2, 0) is 16.2 Å². The van der Waals surface area contributed by atoms with Crippen LogP contribution in [0, 0.1) is 6.92 Å². The Bertz CT molecular complexity index is 878. The third kappa shape index (κ3) is 3.65. The Morgan fingerprint density at radius 3 is 2.38 bits per heavy atom. The maximum absolute atomic E-state index is 12.5. The standard InChI is InChI=1S/C14H12F3N3O3S/c1-8-3-2-4-10(13(18)21)12(8)20-24(22,23)11-6-5-9(7-19-11)14(15,16)17/h2-7,20H,1H3,(H2,18,21). The van der Waals surface area contributed by atoms with E-state index in [2.05, 4.69) is 9.71 Å². The zero-order valence-electron chi connectivity index (χ0n) is 12.3. The fourth-order valence-corrected chi connectivity index (χ4v) is 2.99. The number of primary amides is 1. The third-order valence-electron chi connectivity index (χ3n) is 3.11. The van der Waals surface area contributed by atoms with Crippen LogP contribution in [0.4, 0.5) is 18.9 Å². The maximum atomic E-state index is 12.5. The van der Waals surface area contributed by atoms with E-state index >= 15 is 0 Å². The third-order valence-corrected chi connectivity index (χ3v) is 4.38. The van der Waals surface area contributed by atoms with Gasteiger partial charge in [-0.05, 0) is 30.7 Å². The summed E-state index contributed by atoms with van der Waals surface area (Å²) < 4.78 is 64.2. The van der Waals surface area contributed by atoms with Gasteiger partial charge < -0.3 is 5.73 Å². The SMILES string of the molecule is Cc1cccc(C(N)=O)c1NS(=O)(=O)c1ccc(C(F)(F)F)cn1. The molecule has 6 nitrogen and oxygen atoms in total. The Hall–Kier alpha value is -2.62.